The maximum atomic E-state index is 12.2. The fraction of sp³-hybridized carbons (Fsp3) is 0.533. The molecular weight excluding hydrogens is 290 g/mol. The molecule has 0 aliphatic carbocycles. The predicted molar refractivity (Wildman–Crippen MR) is 81.3 cm³/mol. The fourth-order valence-electron chi connectivity index (χ4n) is 2.71. The molecule has 0 spiro atoms. The van der Waals surface area contributed by atoms with E-state index in [9.17, 15) is 13.2 Å². The standard InChI is InChI=1S/C15H21NO4S/c1-11-4-5-13(20-3)12(8-11)9-14(17)16-15(2)6-7-21(18,19)10-15/h4-5,8H,6-7,9-10H2,1-3H3,(H,16,17)/t15-/m1/s1. The molecule has 1 fully saturated rings. The molecule has 116 valence electrons. The lowest BCUT2D eigenvalue weighted by Crippen LogP contribution is -2.47. The van der Waals surface area contributed by atoms with E-state index in [0.717, 1.165) is 11.1 Å². The number of hydrogen-bond acceptors (Lipinski definition) is 4. The first-order chi connectivity index (χ1) is 9.73. The highest BCUT2D eigenvalue weighted by molar-refractivity contribution is 7.91. The van der Waals surface area contributed by atoms with E-state index >= 15 is 0 Å². The number of carbonyl (C=O) groups excluding carboxylic acids is 1. The molecule has 6 heteroatoms. The summed E-state index contributed by atoms with van der Waals surface area (Å²) in [5, 5.41) is 2.86. The van der Waals surface area contributed by atoms with Gasteiger partial charge in [-0.15, -0.1) is 0 Å². The SMILES string of the molecule is COc1ccc(C)cc1CC(=O)N[C@]1(C)CCS(=O)(=O)C1. The van der Waals surface area contributed by atoms with Crippen molar-refractivity contribution in [3.8, 4) is 5.75 Å². The van der Waals surface area contributed by atoms with Crippen LogP contribution in [0.4, 0.5) is 0 Å². The van der Waals surface area contributed by atoms with Crippen LogP contribution >= 0.6 is 0 Å². The predicted octanol–water partition coefficient (Wildman–Crippen LogP) is 1.24. The largest absolute Gasteiger partial charge is 0.496 e. The first-order valence-corrected chi connectivity index (χ1v) is 8.70. The lowest BCUT2D eigenvalue weighted by atomic mass is 10.0. The minimum absolute atomic E-state index is 0.0106. The third-order valence-corrected chi connectivity index (χ3v) is 5.63. The van der Waals surface area contributed by atoms with Crippen molar-refractivity contribution in [2.45, 2.75) is 32.2 Å². The Hall–Kier alpha value is -1.56. The number of hydrogen-bond donors (Lipinski definition) is 1. The van der Waals surface area contributed by atoms with Crippen LogP contribution in [-0.2, 0) is 21.1 Å². The van der Waals surface area contributed by atoms with Crippen molar-refractivity contribution in [3.05, 3.63) is 29.3 Å². The zero-order valence-corrected chi connectivity index (χ0v) is 13.4. The molecule has 21 heavy (non-hydrogen) atoms. The van der Waals surface area contributed by atoms with Gasteiger partial charge < -0.3 is 10.1 Å². The van der Waals surface area contributed by atoms with Gasteiger partial charge in [-0.05, 0) is 26.3 Å². The van der Waals surface area contributed by atoms with Gasteiger partial charge in [0.05, 0.1) is 30.6 Å². The molecule has 1 aromatic rings. The number of sulfone groups is 1. The Bertz CT molecular complexity index is 654. The first-order valence-electron chi connectivity index (χ1n) is 6.88. The summed E-state index contributed by atoms with van der Waals surface area (Å²) in [6.07, 6.45) is 0.645. The van der Waals surface area contributed by atoms with Crippen LogP contribution in [0.15, 0.2) is 18.2 Å². The summed E-state index contributed by atoms with van der Waals surface area (Å²) in [6, 6.07) is 5.66. The van der Waals surface area contributed by atoms with Gasteiger partial charge in [0.15, 0.2) is 9.84 Å². The van der Waals surface area contributed by atoms with E-state index in [4.69, 9.17) is 4.74 Å². The van der Waals surface area contributed by atoms with Crippen molar-refractivity contribution in [3.63, 3.8) is 0 Å². The molecule has 1 amide bonds. The topological polar surface area (TPSA) is 72.5 Å². The van der Waals surface area contributed by atoms with Crippen molar-refractivity contribution >= 4 is 15.7 Å². The van der Waals surface area contributed by atoms with Crippen LogP contribution in [0.1, 0.15) is 24.5 Å². The summed E-state index contributed by atoms with van der Waals surface area (Å²) in [4.78, 5) is 12.2. The molecule has 1 aromatic carbocycles. The van der Waals surface area contributed by atoms with Gasteiger partial charge in [-0.2, -0.15) is 0 Å². The Balaban J connectivity index is 2.07. The number of benzene rings is 1. The zero-order chi connectivity index (χ0) is 15.7. The molecule has 5 nitrogen and oxygen atoms in total. The van der Waals surface area contributed by atoms with Crippen LogP contribution in [0.25, 0.3) is 0 Å². The molecule has 0 unspecified atom stereocenters. The highest BCUT2D eigenvalue weighted by Gasteiger charge is 2.39. The third-order valence-electron chi connectivity index (χ3n) is 3.73. The highest BCUT2D eigenvalue weighted by atomic mass is 32.2. The summed E-state index contributed by atoms with van der Waals surface area (Å²) >= 11 is 0. The van der Waals surface area contributed by atoms with Crippen LogP contribution in [0.3, 0.4) is 0 Å². The van der Waals surface area contributed by atoms with Crippen molar-refractivity contribution in [1.29, 1.82) is 0 Å². The number of rotatable bonds is 4. The molecule has 0 aromatic heterocycles. The maximum absolute atomic E-state index is 12.2. The van der Waals surface area contributed by atoms with Gasteiger partial charge in [0.1, 0.15) is 5.75 Å². The molecule has 0 radical (unpaired) electrons. The van der Waals surface area contributed by atoms with E-state index in [2.05, 4.69) is 5.32 Å². The van der Waals surface area contributed by atoms with Gasteiger partial charge in [-0.3, -0.25) is 4.79 Å². The second kappa shape index (κ2) is 5.67. The average molecular weight is 311 g/mol. The van der Waals surface area contributed by atoms with Crippen LogP contribution in [0.5, 0.6) is 5.75 Å². The molecule has 0 bridgehead atoms. The molecule has 1 atom stereocenters. The van der Waals surface area contributed by atoms with E-state index in [0.29, 0.717) is 12.2 Å². The van der Waals surface area contributed by atoms with Crippen molar-refractivity contribution in [2.24, 2.45) is 0 Å². The molecule has 1 aliphatic rings. The monoisotopic (exact) mass is 311 g/mol. The Kier molecular flexibility index (Phi) is 4.27. The molecule has 1 heterocycles. The molecule has 2 rings (SSSR count). The van der Waals surface area contributed by atoms with Gasteiger partial charge in [-0.25, -0.2) is 8.42 Å². The van der Waals surface area contributed by atoms with Crippen LogP contribution in [0.2, 0.25) is 0 Å². The number of amides is 1. The van der Waals surface area contributed by atoms with E-state index in [-0.39, 0.29) is 23.8 Å². The summed E-state index contributed by atoms with van der Waals surface area (Å²) in [7, 11) is -1.46. The van der Waals surface area contributed by atoms with Crippen molar-refractivity contribution < 1.29 is 17.9 Å². The van der Waals surface area contributed by atoms with Crippen LogP contribution in [-0.4, -0.2) is 38.5 Å². The third kappa shape index (κ3) is 3.97. The molecule has 0 saturated carbocycles. The van der Waals surface area contributed by atoms with Crippen molar-refractivity contribution in [1.82, 2.24) is 5.32 Å². The Morgan fingerprint density at radius 2 is 2.14 bits per heavy atom. The van der Waals surface area contributed by atoms with E-state index in [1.807, 2.05) is 25.1 Å². The zero-order valence-electron chi connectivity index (χ0n) is 12.6. The van der Waals surface area contributed by atoms with Gasteiger partial charge in [-0.1, -0.05) is 17.7 Å². The summed E-state index contributed by atoms with van der Waals surface area (Å²) in [5.41, 5.74) is 1.19. The summed E-state index contributed by atoms with van der Waals surface area (Å²) < 4.78 is 28.4. The fourth-order valence-corrected chi connectivity index (χ4v) is 4.80. The van der Waals surface area contributed by atoms with Gasteiger partial charge in [0.2, 0.25) is 5.91 Å². The number of aryl methyl sites for hydroxylation is 1. The smallest absolute Gasteiger partial charge is 0.225 e. The van der Waals surface area contributed by atoms with Crippen LogP contribution < -0.4 is 10.1 Å². The van der Waals surface area contributed by atoms with Gasteiger partial charge >= 0.3 is 0 Å². The lowest BCUT2D eigenvalue weighted by molar-refractivity contribution is -0.121. The second-order valence-electron chi connectivity index (χ2n) is 5.94. The van der Waals surface area contributed by atoms with E-state index < -0.39 is 15.4 Å². The minimum Gasteiger partial charge on any atom is -0.496 e. The quantitative estimate of drug-likeness (QED) is 0.908. The number of nitrogens with one attached hydrogen (secondary N) is 1. The second-order valence-corrected chi connectivity index (χ2v) is 8.13. The number of carbonyl (C=O) groups is 1. The Labute approximate surface area is 125 Å². The van der Waals surface area contributed by atoms with Gasteiger partial charge in [0, 0.05) is 5.56 Å². The normalized spacial score (nSPS) is 23.8. The maximum Gasteiger partial charge on any atom is 0.225 e. The highest BCUT2D eigenvalue weighted by Crippen LogP contribution is 2.24. The lowest BCUT2D eigenvalue weighted by Gasteiger charge is -2.24. The molecular formula is C15H21NO4S. The summed E-state index contributed by atoms with van der Waals surface area (Å²) in [5.74, 6) is 0.632. The summed E-state index contributed by atoms with van der Waals surface area (Å²) in [6.45, 7) is 3.73. The minimum atomic E-state index is -3.03. The van der Waals surface area contributed by atoms with E-state index in [1.165, 1.54) is 0 Å². The number of ether oxygens (including phenoxy) is 1. The number of methoxy groups -OCH3 is 1. The average Bonchev–Trinajstić information content (AvgIpc) is 2.63. The first kappa shape index (κ1) is 15.8. The van der Waals surface area contributed by atoms with Gasteiger partial charge in [0.25, 0.3) is 0 Å². The Morgan fingerprint density at radius 3 is 2.71 bits per heavy atom. The van der Waals surface area contributed by atoms with Crippen LogP contribution in [0, 0.1) is 6.92 Å². The Morgan fingerprint density at radius 1 is 1.43 bits per heavy atom. The molecule has 1 aliphatic heterocycles. The van der Waals surface area contributed by atoms with E-state index in [1.54, 1.807) is 14.0 Å². The van der Waals surface area contributed by atoms with Crippen molar-refractivity contribution in [2.75, 3.05) is 18.6 Å². The molecule has 1 N–H and O–H groups in total. The molecule has 1 saturated heterocycles.